The normalized spacial score (nSPS) is 10.2. The first-order valence-corrected chi connectivity index (χ1v) is 7.18. The number of para-hydroxylation sites is 1. The Morgan fingerprint density at radius 3 is 2.62 bits per heavy atom. The first-order chi connectivity index (χ1) is 10.0. The van der Waals surface area contributed by atoms with Crippen LogP contribution < -0.4 is 9.64 Å². The van der Waals surface area contributed by atoms with Gasteiger partial charge in [0, 0.05) is 23.6 Å². The Balaban J connectivity index is 2.35. The van der Waals surface area contributed by atoms with E-state index < -0.39 is 5.97 Å². The van der Waals surface area contributed by atoms with E-state index in [1.54, 1.807) is 19.2 Å². The maximum Gasteiger partial charge on any atom is 0.338 e. The fourth-order valence-electron chi connectivity index (χ4n) is 2.22. The predicted molar refractivity (Wildman–Crippen MR) is 86.2 cm³/mol. The van der Waals surface area contributed by atoms with Gasteiger partial charge in [-0.3, -0.25) is 0 Å². The van der Waals surface area contributed by atoms with Gasteiger partial charge in [-0.25, -0.2) is 4.79 Å². The molecule has 0 heterocycles. The molecule has 0 saturated heterocycles. The molecule has 110 valence electrons. The summed E-state index contributed by atoms with van der Waals surface area (Å²) in [5, 5.41) is 9.38. The lowest BCUT2D eigenvalue weighted by molar-refractivity contribution is 0.0696. The van der Waals surface area contributed by atoms with Gasteiger partial charge in [0.15, 0.2) is 0 Å². The largest absolute Gasteiger partial charge is 0.496 e. The topological polar surface area (TPSA) is 49.8 Å². The SMILES string of the molecule is COc1ccccc1CN(C)c1cccc(Br)c1C(=O)O. The molecule has 2 aromatic carbocycles. The average Bonchev–Trinajstić information content (AvgIpc) is 2.47. The van der Waals surface area contributed by atoms with Crippen LogP contribution in [0, 0.1) is 0 Å². The molecule has 2 rings (SSSR count). The Labute approximate surface area is 132 Å². The summed E-state index contributed by atoms with van der Waals surface area (Å²) in [6.07, 6.45) is 0. The van der Waals surface area contributed by atoms with Crippen molar-refractivity contribution >= 4 is 27.6 Å². The number of hydrogen-bond donors (Lipinski definition) is 1. The Morgan fingerprint density at radius 1 is 1.24 bits per heavy atom. The Hall–Kier alpha value is -2.01. The van der Waals surface area contributed by atoms with Gasteiger partial charge in [-0.1, -0.05) is 24.3 Å². The summed E-state index contributed by atoms with van der Waals surface area (Å²) in [5.41, 5.74) is 1.91. The Morgan fingerprint density at radius 2 is 1.95 bits per heavy atom. The van der Waals surface area contributed by atoms with E-state index in [9.17, 15) is 9.90 Å². The zero-order valence-electron chi connectivity index (χ0n) is 11.8. The zero-order valence-corrected chi connectivity index (χ0v) is 13.4. The third-order valence-electron chi connectivity index (χ3n) is 3.22. The number of hydrogen-bond acceptors (Lipinski definition) is 3. The molecule has 0 amide bonds. The van der Waals surface area contributed by atoms with Gasteiger partial charge in [-0.15, -0.1) is 0 Å². The van der Waals surface area contributed by atoms with Crippen molar-refractivity contribution in [2.45, 2.75) is 6.54 Å². The van der Waals surface area contributed by atoms with Crippen LogP contribution in [0.1, 0.15) is 15.9 Å². The van der Waals surface area contributed by atoms with Crippen LogP contribution in [0.25, 0.3) is 0 Å². The van der Waals surface area contributed by atoms with E-state index in [2.05, 4.69) is 15.9 Å². The third kappa shape index (κ3) is 3.36. The molecular formula is C16H16BrNO3. The zero-order chi connectivity index (χ0) is 15.4. The highest BCUT2D eigenvalue weighted by Gasteiger charge is 2.17. The van der Waals surface area contributed by atoms with Crippen LogP contribution in [0.2, 0.25) is 0 Å². The minimum absolute atomic E-state index is 0.259. The molecule has 0 radical (unpaired) electrons. The number of carboxylic acid groups (broad SMARTS) is 1. The summed E-state index contributed by atoms with van der Waals surface area (Å²) >= 11 is 3.30. The van der Waals surface area contributed by atoms with E-state index in [0.717, 1.165) is 11.3 Å². The molecule has 0 aliphatic rings. The van der Waals surface area contributed by atoms with Crippen LogP contribution in [0.3, 0.4) is 0 Å². The fraction of sp³-hybridized carbons (Fsp3) is 0.188. The molecule has 0 aliphatic carbocycles. The number of nitrogens with zero attached hydrogens (tertiary/aromatic N) is 1. The fourth-order valence-corrected chi connectivity index (χ4v) is 2.74. The summed E-state index contributed by atoms with van der Waals surface area (Å²) in [5.74, 6) is -0.166. The van der Waals surface area contributed by atoms with Crippen molar-refractivity contribution in [2.24, 2.45) is 0 Å². The Bertz CT molecular complexity index is 658. The number of methoxy groups -OCH3 is 1. The maximum atomic E-state index is 11.4. The lowest BCUT2D eigenvalue weighted by Crippen LogP contribution is -2.20. The summed E-state index contributed by atoms with van der Waals surface area (Å²) in [4.78, 5) is 13.3. The third-order valence-corrected chi connectivity index (χ3v) is 3.88. The highest BCUT2D eigenvalue weighted by molar-refractivity contribution is 9.10. The van der Waals surface area contributed by atoms with E-state index in [1.165, 1.54) is 0 Å². The van der Waals surface area contributed by atoms with Crippen LogP contribution in [0.15, 0.2) is 46.9 Å². The lowest BCUT2D eigenvalue weighted by Gasteiger charge is -2.23. The van der Waals surface area contributed by atoms with Crippen LogP contribution >= 0.6 is 15.9 Å². The van der Waals surface area contributed by atoms with Gasteiger partial charge < -0.3 is 14.7 Å². The number of anilines is 1. The van der Waals surface area contributed by atoms with Gasteiger partial charge in [0.05, 0.1) is 18.4 Å². The molecule has 0 spiro atoms. The van der Waals surface area contributed by atoms with Crippen molar-refractivity contribution in [1.29, 1.82) is 0 Å². The van der Waals surface area contributed by atoms with E-state index in [-0.39, 0.29) is 5.56 Å². The maximum absolute atomic E-state index is 11.4. The van der Waals surface area contributed by atoms with Crippen LogP contribution in [0.4, 0.5) is 5.69 Å². The van der Waals surface area contributed by atoms with Crippen molar-refractivity contribution in [3.8, 4) is 5.75 Å². The highest BCUT2D eigenvalue weighted by atomic mass is 79.9. The second-order valence-electron chi connectivity index (χ2n) is 4.61. The molecule has 2 aromatic rings. The van der Waals surface area contributed by atoms with E-state index in [1.807, 2.05) is 42.3 Å². The van der Waals surface area contributed by atoms with Crippen molar-refractivity contribution in [1.82, 2.24) is 0 Å². The van der Waals surface area contributed by atoms with E-state index in [4.69, 9.17) is 4.74 Å². The summed E-state index contributed by atoms with van der Waals surface area (Å²) in [6, 6.07) is 13.0. The van der Waals surface area contributed by atoms with Gasteiger partial charge >= 0.3 is 5.97 Å². The molecule has 0 bridgehead atoms. The molecule has 0 unspecified atom stereocenters. The van der Waals surface area contributed by atoms with E-state index in [0.29, 0.717) is 16.7 Å². The van der Waals surface area contributed by atoms with Gasteiger partial charge in [0.25, 0.3) is 0 Å². The summed E-state index contributed by atoms with van der Waals surface area (Å²) < 4.78 is 5.90. The second-order valence-corrected chi connectivity index (χ2v) is 5.46. The standard InChI is InChI=1S/C16H16BrNO3/c1-18(10-11-6-3-4-9-14(11)21-2)13-8-5-7-12(17)15(13)16(19)20/h3-9H,10H2,1-2H3,(H,19,20). The number of rotatable bonds is 5. The molecular weight excluding hydrogens is 334 g/mol. The van der Waals surface area contributed by atoms with E-state index >= 15 is 0 Å². The number of halogens is 1. The molecule has 0 saturated carbocycles. The molecule has 21 heavy (non-hydrogen) atoms. The van der Waals surface area contributed by atoms with Gasteiger partial charge in [-0.05, 0) is 34.1 Å². The summed E-state index contributed by atoms with van der Waals surface area (Å²) in [7, 11) is 3.49. The number of carbonyl (C=O) groups is 1. The number of ether oxygens (including phenoxy) is 1. The molecule has 0 aromatic heterocycles. The molecule has 5 heteroatoms. The lowest BCUT2D eigenvalue weighted by atomic mass is 10.1. The summed E-state index contributed by atoms with van der Waals surface area (Å²) in [6.45, 7) is 0.556. The minimum atomic E-state index is -0.954. The molecule has 4 nitrogen and oxygen atoms in total. The molecule has 0 fully saturated rings. The predicted octanol–water partition coefficient (Wildman–Crippen LogP) is 3.79. The monoisotopic (exact) mass is 349 g/mol. The van der Waals surface area contributed by atoms with Crippen LogP contribution in [-0.2, 0) is 6.54 Å². The molecule has 1 N–H and O–H groups in total. The number of carboxylic acids is 1. The van der Waals surface area contributed by atoms with Gasteiger partial charge in [0.2, 0.25) is 0 Å². The first kappa shape index (κ1) is 15.4. The average molecular weight is 350 g/mol. The van der Waals surface area contributed by atoms with Crippen molar-refractivity contribution in [3.05, 3.63) is 58.1 Å². The number of aromatic carboxylic acids is 1. The quantitative estimate of drug-likeness (QED) is 0.891. The van der Waals surface area contributed by atoms with Gasteiger partial charge in [0.1, 0.15) is 5.75 Å². The highest BCUT2D eigenvalue weighted by Crippen LogP contribution is 2.29. The Kier molecular flexibility index (Phi) is 4.85. The van der Waals surface area contributed by atoms with Crippen molar-refractivity contribution < 1.29 is 14.6 Å². The number of benzene rings is 2. The second kappa shape index (κ2) is 6.63. The molecule has 0 aliphatic heterocycles. The van der Waals surface area contributed by atoms with Crippen molar-refractivity contribution in [3.63, 3.8) is 0 Å². The van der Waals surface area contributed by atoms with Gasteiger partial charge in [-0.2, -0.15) is 0 Å². The first-order valence-electron chi connectivity index (χ1n) is 6.39. The van der Waals surface area contributed by atoms with Crippen LogP contribution in [-0.4, -0.2) is 25.2 Å². The molecule has 0 atom stereocenters. The minimum Gasteiger partial charge on any atom is -0.496 e. The van der Waals surface area contributed by atoms with Crippen LogP contribution in [0.5, 0.6) is 5.75 Å². The smallest absolute Gasteiger partial charge is 0.338 e. The van der Waals surface area contributed by atoms with Crippen molar-refractivity contribution in [2.75, 3.05) is 19.1 Å².